The summed E-state index contributed by atoms with van der Waals surface area (Å²) in [5.74, 6) is 0. The van der Waals surface area contributed by atoms with Crippen LogP contribution in [0, 0.1) is 0 Å². The molecular formula is C5H13NSi. The minimum atomic E-state index is -1.09. The molecule has 7 heavy (non-hydrogen) atoms. The van der Waals surface area contributed by atoms with E-state index in [4.69, 9.17) is 0 Å². The van der Waals surface area contributed by atoms with Crippen LogP contribution in [0.2, 0.25) is 19.6 Å². The van der Waals surface area contributed by atoms with Gasteiger partial charge in [-0.1, -0.05) is 0 Å². The molecule has 0 aromatic heterocycles. The van der Waals surface area contributed by atoms with Crippen LogP contribution in [-0.4, -0.2) is 14.5 Å². The third kappa shape index (κ3) is 5.89. The third-order valence-electron chi connectivity index (χ3n) is 0.516. The molecule has 0 atom stereocenters. The van der Waals surface area contributed by atoms with Crippen LogP contribution < -0.4 is 0 Å². The Morgan fingerprint density at radius 2 is 1.71 bits per heavy atom. The molecular weight excluding hydrogens is 102 g/mol. The molecule has 0 aliphatic rings. The first-order chi connectivity index (χ1) is 3.06. The largest absolute Gasteiger partial charge is 0.334 e. The molecule has 0 fully saturated rings. The second kappa shape index (κ2) is 2.26. The third-order valence-corrected chi connectivity index (χ3v) is 1.55. The van der Waals surface area contributed by atoms with Crippen LogP contribution in [0.4, 0.5) is 0 Å². The molecule has 0 N–H and O–H groups in total. The smallest absolute Gasteiger partial charge is 0.171 e. The number of rotatable bonds is 1. The van der Waals surface area contributed by atoms with Crippen LogP contribution in [0.1, 0.15) is 6.92 Å². The van der Waals surface area contributed by atoms with Gasteiger partial charge in [0, 0.05) is 0 Å². The topological polar surface area (TPSA) is 12.4 Å². The van der Waals surface area contributed by atoms with Crippen LogP contribution in [0.15, 0.2) is 4.66 Å². The van der Waals surface area contributed by atoms with Crippen molar-refractivity contribution in [1.82, 2.24) is 0 Å². The van der Waals surface area contributed by atoms with Gasteiger partial charge in [0.15, 0.2) is 8.24 Å². The highest BCUT2D eigenvalue weighted by Crippen LogP contribution is 1.98. The number of hydrogen-bond donors (Lipinski definition) is 0. The standard InChI is InChI=1S/C5H13NSi/c1-5-6-7(2,3)4/h5H,1-4H3. The molecule has 0 bridgehead atoms. The van der Waals surface area contributed by atoms with Crippen LogP contribution in [0.3, 0.4) is 0 Å². The molecule has 0 saturated carbocycles. The predicted molar refractivity (Wildman–Crippen MR) is 37.5 cm³/mol. The highest BCUT2D eigenvalue weighted by Gasteiger charge is 2.07. The van der Waals surface area contributed by atoms with Crippen molar-refractivity contribution in [2.75, 3.05) is 0 Å². The Labute approximate surface area is 46.6 Å². The summed E-state index contributed by atoms with van der Waals surface area (Å²) in [6.07, 6.45) is 1.90. The predicted octanol–water partition coefficient (Wildman–Crippen LogP) is 1.91. The Morgan fingerprint density at radius 3 is 1.71 bits per heavy atom. The Balaban J connectivity index is 3.56. The molecule has 0 saturated heterocycles. The first-order valence-corrected chi connectivity index (χ1v) is 6.01. The van der Waals surface area contributed by atoms with Gasteiger partial charge in [-0.25, -0.2) is 0 Å². The van der Waals surface area contributed by atoms with Gasteiger partial charge < -0.3 is 4.66 Å². The first kappa shape index (κ1) is 6.89. The van der Waals surface area contributed by atoms with Gasteiger partial charge in [-0.3, -0.25) is 0 Å². The normalized spacial score (nSPS) is 13.1. The van der Waals surface area contributed by atoms with Crippen molar-refractivity contribution < 1.29 is 0 Å². The molecule has 0 radical (unpaired) electrons. The van der Waals surface area contributed by atoms with Gasteiger partial charge in [0.05, 0.1) is 0 Å². The minimum Gasteiger partial charge on any atom is -0.334 e. The van der Waals surface area contributed by atoms with Crippen LogP contribution in [-0.2, 0) is 0 Å². The van der Waals surface area contributed by atoms with Crippen molar-refractivity contribution >= 4 is 14.5 Å². The molecule has 0 aromatic carbocycles. The van der Waals surface area contributed by atoms with E-state index >= 15 is 0 Å². The van der Waals surface area contributed by atoms with E-state index in [0.29, 0.717) is 0 Å². The van der Waals surface area contributed by atoms with Crippen molar-refractivity contribution in [2.24, 2.45) is 4.66 Å². The number of nitrogens with zero attached hydrogens (tertiary/aromatic N) is 1. The highest BCUT2D eigenvalue weighted by molar-refractivity contribution is 6.75. The lowest BCUT2D eigenvalue weighted by atomic mass is 10.9. The molecule has 0 heterocycles. The quantitative estimate of drug-likeness (QED) is 0.365. The zero-order chi connectivity index (χ0) is 5.91. The summed E-state index contributed by atoms with van der Waals surface area (Å²) in [6.45, 7) is 8.62. The Bertz CT molecular complexity index is 70.6. The van der Waals surface area contributed by atoms with Gasteiger partial charge in [0.1, 0.15) is 0 Å². The summed E-state index contributed by atoms with van der Waals surface area (Å²) in [7, 11) is -1.09. The minimum absolute atomic E-state index is 1.09. The summed E-state index contributed by atoms with van der Waals surface area (Å²) in [4.78, 5) is 0. The summed E-state index contributed by atoms with van der Waals surface area (Å²) in [6, 6.07) is 0. The maximum absolute atomic E-state index is 4.27. The Morgan fingerprint density at radius 1 is 1.29 bits per heavy atom. The van der Waals surface area contributed by atoms with E-state index in [-0.39, 0.29) is 0 Å². The summed E-state index contributed by atoms with van der Waals surface area (Å²) < 4.78 is 4.27. The highest BCUT2D eigenvalue weighted by atomic mass is 28.3. The van der Waals surface area contributed by atoms with Crippen LogP contribution in [0.5, 0.6) is 0 Å². The van der Waals surface area contributed by atoms with Gasteiger partial charge >= 0.3 is 0 Å². The molecule has 0 aliphatic carbocycles. The first-order valence-electron chi connectivity index (χ1n) is 2.56. The Hall–Kier alpha value is -0.113. The number of hydrogen-bond acceptors (Lipinski definition) is 1. The van der Waals surface area contributed by atoms with Crippen molar-refractivity contribution in [2.45, 2.75) is 26.6 Å². The van der Waals surface area contributed by atoms with Crippen molar-refractivity contribution in [3.05, 3.63) is 0 Å². The molecule has 0 spiro atoms. The molecule has 1 nitrogen and oxygen atoms in total. The van der Waals surface area contributed by atoms with E-state index < -0.39 is 8.24 Å². The molecule has 0 aliphatic heterocycles. The van der Waals surface area contributed by atoms with Crippen molar-refractivity contribution in [3.8, 4) is 0 Å². The fourth-order valence-electron chi connectivity index (χ4n) is 0.387. The SMILES string of the molecule is CC=N[Si](C)(C)C. The lowest BCUT2D eigenvalue weighted by molar-refractivity contribution is 1.57. The zero-order valence-electron chi connectivity index (χ0n) is 5.52. The van der Waals surface area contributed by atoms with Gasteiger partial charge in [-0.05, 0) is 32.8 Å². The lowest BCUT2D eigenvalue weighted by Gasteiger charge is -2.05. The Kier molecular flexibility index (Phi) is 2.22. The maximum Gasteiger partial charge on any atom is 0.171 e. The molecule has 0 unspecified atom stereocenters. The van der Waals surface area contributed by atoms with E-state index in [1.165, 1.54) is 0 Å². The average molecular weight is 115 g/mol. The fraction of sp³-hybridized carbons (Fsp3) is 0.800. The van der Waals surface area contributed by atoms with Gasteiger partial charge in [-0.15, -0.1) is 0 Å². The van der Waals surface area contributed by atoms with Gasteiger partial charge in [0.25, 0.3) is 0 Å². The van der Waals surface area contributed by atoms with E-state index in [9.17, 15) is 0 Å². The van der Waals surface area contributed by atoms with E-state index in [1.807, 2.05) is 13.1 Å². The van der Waals surface area contributed by atoms with Crippen molar-refractivity contribution in [1.29, 1.82) is 0 Å². The maximum atomic E-state index is 4.27. The second-order valence-corrected chi connectivity index (χ2v) is 7.16. The van der Waals surface area contributed by atoms with Crippen LogP contribution >= 0.6 is 0 Å². The van der Waals surface area contributed by atoms with Crippen molar-refractivity contribution in [3.63, 3.8) is 0 Å². The summed E-state index contributed by atoms with van der Waals surface area (Å²) >= 11 is 0. The molecule has 0 rings (SSSR count). The van der Waals surface area contributed by atoms with E-state index in [2.05, 4.69) is 24.3 Å². The van der Waals surface area contributed by atoms with Crippen LogP contribution in [0.25, 0.3) is 0 Å². The van der Waals surface area contributed by atoms with Gasteiger partial charge in [0.2, 0.25) is 0 Å². The van der Waals surface area contributed by atoms with Gasteiger partial charge in [-0.2, -0.15) is 0 Å². The second-order valence-electron chi connectivity index (χ2n) is 2.56. The average Bonchev–Trinajstić information content (AvgIpc) is 1.30. The fourth-order valence-corrected chi connectivity index (χ4v) is 1.16. The molecule has 42 valence electrons. The monoisotopic (exact) mass is 115 g/mol. The van der Waals surface area contributed by atoms with E-state index in [1.54, 1.807) is 0 Å². The van der Waals surface area contributed by atoms with E-state index in [0.717, 1.165) is 0 Å². The molecule has 0 amide bonds. The summed E-state index contributed by atoms with van der Waals surface area (Å²) in [5, 5.41) is 0. The zero-order valence-corrected chi connectivity index (χ0v) is 6.52. The molecule has 2 heteroatoms. The molecule has 0 aromatic rings. The summed E-state index contributed by atoms with van der Waals surface area (Å²) in [5.41, 5.74) is 0. The lowest BCUT2D eigenvalue weighted by Crippen LogP contribution is -2.15.